The molecule has 2 heterocycles. The van der Waals surface area contributed by atoms with Crippen molar-refractivity contribution in [2.45, 2.75) is 30.3 Å². The molecule has 1 N–H and O–H groups in total. The van der Waals surface area contributed by atoms with E-state index in [1.165, 1.54) is 15.4 Å². The standard InChI is InChI=1S/C21H25N3O3S2/c1-15-13-19-20(14-16(15)2)23-21(22-19)28-12-7-17-3-5-18(6-4-17)29(25,26)24-8-10-27-11-9-24/h3-6,13-14H,7-12H2,1-2H3,(H,22,23). The number of imidazole rings is 1. The Hall–Kier alpha value is -1.87. The zero-order valence-corrected chi connectivity index (χ0v) is 18.3. The number of aromatic nitrogens is 2. The number of fused-ring (bicyclic) bond motifs is 1. The van der Waals surface area contributed by atoms with Crippen LogP contribution in [0.5, 0.6) is 0 Å². The highest BCUT2D eigenvalue weighted by Crippen LogP contribution is 2.23. The number of rotatable bonds is 6. The molecule has 0 unspecified atom stereocenters. The maximum absolute atomic E-state index is 12.7. The normalized spacial score (nSPS) is 15.8. The quantitative estimate of drug-likeness (QED) is 0.604. The summed E-state index contributed by atoms with van der Waals surface area (Å²) in [6.07, 6.45) is 0.845. The van der Waals surface area contributed by atoms with Gasteiger partial charge in [0.05, 0.1) is 29.1 Å². The lowest BCUT2D eigenvalue weighted by Gasteiger charge is -2.26. The molecule has 1 aliphatic rings. The number of ether oxygens (including phenoxy) is 1. The third-order valence-corrected chi connectivity index (χ3v) is 8.02. The van der Waals surface area contributed by atoms with E-state index >= 15 is 0 Å². The Bertz CT molecular complexity index is 1060. The van der Waals surface area contributed by atoms with Crippen LogP contribution in [0.3, 0.4) is 0 Å². The second-order valence-electron chi connectivity index (χ2n) is 7.25. The third kappa shape index (κ3) is 4.50. The Labute approximate surface area is 175 Å². The van der Waals surface area contributed by atoms with Crippen molar-refractivity contribution in [3.8, 4) is 0 Å². The van der Waals surface area contributed by atoms with Crippen molar-refractivity contribution < 1.29 is 13.2 Å². The average Bonchev–Trinajstić information content (AvgIpc) is 3.11. The van der Waals surface area contributed by atoms with Crippen LogP contribution < -0.4 is 0 Å². The molecule has 154 valence electrons. The highest BCUT2D eigenvalue weighted by molar-refractivity contribution is 7.99. The fraction of sp³-hybridized carbons (Fsp3) is 0.381. The van der Waals surface area contributed by atoms with Gasteiger partial charge in [0.15, 0.2) is 5.16 Å². The van der Waals surface area contributed by atoms with Crippen LogP contribution in [0, 0.1) is 13.8 Å². The molecule has 1 aromatic heterocycles. The van der Waals surface area contributed by atoms with Gasteiger partial charge in [0.2, 0.25) is 10.0 Å². The first kappa shape index (κ1) is 20.4. The van der Waals surface area contributed by atoms with E-state index in [2.05, 4.69) is 35.9 Å². The first-order chi connectivity index (χ1) is 13.9. The molecule has 2 aromatic carbocycles. The number of benzene rings is 2. The highest BCUT2D eigenvalue weighted by Gasteiger charge is 2.26. The molecular formula is C21H25N3O3S2. The lowest BCUT2D eigenvalue weighted by atomic mass is 10.1. The number of aryl methyl sites for hydroxylation is 3. The predicted octanol–water partition coefficient (Wildman–Crippen LogP) is 3.54. The van der Waals surface area contributed by atoms with E-state index in [-0.39, 0.29) is 0 Å². The predicted molar refractivity (Wildman–Crippen MR) is 116 cm³/mol. The molecule has 0 amide bonds. The van der Waals surface area contributed by atoms with Crippen molar-refractivity contribution in [1.29, 1.82) is 0 Å². The minimum atomic E-state index is -3.43. The van der Waals surface area contributed by atoms with Crippen LogP contribution in [0.25, 0.3) is 11.0 Å². The van der Waals surface area contributed by atoms with Crippen molar-refractivity contribution >= 4 is 32.8 Å². The smallest absolute Gasteiger partial charge is 0.243 e. The minimum absolute atomic E-state index is 0.346. The molecule has 0 radical (unpaired) electrons. The number of sulfonamides is 1. The van der Waals surface area contributed by atoms with Gasteiger partial charge in [0.1, 0.15) is 0 Å². The summed E-state index contributed by atoms with van der Waals surface area (Å²) < 4.78 is 32.1. The topological polar surface area (TPSA) is 75.3 Å². The second-order valence-corrected chi connectivity index (χ2v) is 10.3. The summed E-state index contributed by atoms with van der Waals surface area (Å²) in [4.78, 5) is 8.37. The maximum Gasteiger partial charge on any atom is 0.243 e. The van der Waals surface area contributed by atoms with Gasteiger partial charge in [-0.15, -0.1) is 0 Å². The summed E-state index contributed by atoms with van der Waals surface area (Å²) in [5, 5.41) is 0.913. The van der Waals surface area contributed by atoms with Gasteiger partial charge in [0, 0.05) is 18.8 Å². The Kier molecular flexibility index (Phi) is 5.96. The van der Waals surface area contributed by atoms with E-state index < -0.39 is 10.0 Å². The maximum atomic E-state index is 12.7. The number of aromatic amines is 1. The summed E-state index contributed by atoms with van der Waals surface area (Å²) in [6.45, 7) is 5.93. The largest absolute Gasteiger partial charge is 0.379 e. The highest BCUT2D eigenvalue weighted by atomic mass is 32.2. The SMILES string of the molecule is Cc1cc2nc(SCCc3ccc(S(=O)(=O)N4CCOCC4)cc3)[nH]c2cc1C. The summed E-state index contributed by atoms with van der Waals surface area (Å²) in [5.41, 5.74) is 5.67. The monoisotopic (exact) mass is 431 g/mol. The second kappa shape index (κ2) is 8.47. The molecule has 29 heavy (non-hydrogen) atoms. The number of nitrogens with one attached hydrogen (secondary N) is 1. The summed E-state index contributed by atoms with van der Waals surface area (Å²) >= 11 is 1.68. The fourth-order valence-corrected chi connectivity index (χ4v) is 5.63. The van der Waals surface area contributed by atoms with Gasteiger partial charge in [0.25, 0.3) is 0 Å². The van der Waals surface area contributed by atoms with E-state index in [0.717, 1.165) is 33.9 Å². The number of hydrogen-bond donors (Lipinski definition) is 1. The van der Waals surface area contributed by atoms with E-state index in [1.54, 1.807) is 23.9 Å². The molecule has 1 aliphatic heterocycles. The third-order valence-electron chi connectivity index (χ3n) is 5.24. The molecule has 8 heteroatoms. The summed E-state index contributed by atoms with van der Waals surface area (Å²) in [5.74, 6) is 0.868. The molecule has 0 bridgehead atoms. The Balaban J connectivity index is 1.37. The first-order valence-electron chi connectivity index (χ1n) is 9.70. The van der Waals surface area contributed by atoms with Crippen molar-refractivity contribution in [3.05, 3.63) is 53.1 Å². The molecule has 3 aromatic rings. The van der Waals surface area contributed by atoms with Crippen LogP contribution in [0.4, 0.5) is 0 Å². The lowest BCUT2D eigenvalue weighted by molar-refractivity contribution is 0.0730. The zero-order valence-electron chi connectivity index (χ0n) is 16.6. The molecule has 0 aliphatic carbocycles. The van der Waals surface area contributed by atoms with Crippen molar-refractivity contribution in [2.75, 3.05) is 32.1 Å². The van der Waals surface area contributed by atoms with Crippen molar-refractivity contribution in [2.24, 2.45) is 0 Å². The van der Waals surface area contributed by atoms with Gasteiger partial charge in [-0.25, -0.2) is 13.4 Å². The first-order valence-corrected chi connectivity index (χ1v) is 12.1. The van der Waals surface area contributed by atoms with E-state index in [1.807, 2.05) is 12.1 Å². The molecular weight excluding hydrogens is 406 g/mol. The number of hydrogen-bond acceptors (Lipinski definition) is 5. The lowest BCUT2D eigenvalue weighted by Crippen LogP contribution is -2.40. The van der Waals surface area contributed by atoms with Gasteiger partial charge < -0.3 is 9.72 Å². The number of H-pyrrole nitrogens is 1. The molecule has 0 atom stereocenters. The number of nitrogens with zero attached hydrogens (tertiary/aromatic N) is 2. The van der Waals surface area contributed by atoms with Crippen LogP contribution in [-0.2, 0) is 21.2 Å². The fourth-order valence-electron chi connectivity index (χ4n) is 3.34. The minimum Gasteiger partial charge on any atom is -0.379 e. The van der Waals surface area contributed by atoms with Gasteiger partial charge in [-0.05, 0) is 61.2 Å². The van der Waals surface area contributed by atoms with Crippen LogP contribution in [0.1, 0.15) is 16.7 Å². The van der Waals surface area contributed by atoms with Gasteiger partial charge >= 0.3 is 0 Å². The summed E-state index contributed by atoms with van der Waals surface area (Å²) in [6, 6.07) is 11.5. The molecule has 1 fully saturated rings. The Morgan fingerprint density at radius 3 is 2.52 bits per heavy atom. The van der Waals surface area contributed by atoms with E-state index in [0.29, 0.717) is 31.2 Å². The van der Waals surface area contributed by atoms with Crippen LogP contribution in [0.15, 0.2) is 46.5 Å². The van der Waals surface area contributed by atoms with Crippen LogP contribution in [-0.4, -0.2) is 54.7 Å². The van der Waals surface area contributed by atoms with Crippen LogP contribution in [0.2, 0.25) is 0 Å². The summed E-state index contributed by atoms with van der Waals surface area (Å²) in [7, 11) is -3.43. The van der Waals surface area contributed by atoms with Gasteiger partial charge in [-0.3, -0.25) is 0 Å². The van der Waals surface area contributed by atoms with Gasteiger partial charge in [-0.2, -0.15) is 4.31 Å². The Morgan fingerprint density at radius 2 is 1.79 bits per heavy atom. The van der Waals surface area contributed by atoms with Gasteiger partial charge in [-0.1, -0.05) is 23.9 Å². The van der Waals surface area contributed by atoms with E-state index in [9.17, 15) is 8.42 Å². The van der Waals surface area contributed by atoms with Crippen molar-refractivity contribution in [3.63, 3.8) is 0 Å². The molecule has 6 nitrogen and oxygen atoms in total. The zero-order chi connectivity index (χ0) is 20.4. The van der Waals surface area contributed by atoms with Crippen molar-refractivity contribution in [1.82, 2.24) is 14.3 Å². The molecule has 0 saturated carbocycles. The molecule has 4 rings (SSSR count). The van der Waals surface area contributed by atoms with E-state index in [4.69, 9.17) is 4.74 Å². The van der Waals surface area contributed by atoms with Crippen LogP contribution >= 0.6 is 11.8 Å². The number of thioether (sulfide) groups is 1. The molecule has 0 spiro atoms. The average molecular weight is 432 g/mol. The Morgan fingerprint density at radius 1 is 1.10 bits per heavy atom. The molecule has 1 saturated heterocycles. The number of morpholine rings is 1.